The van der Waals surface area contributed by atoms with E-state index in [2.05, 4.69) is 20.5 Å². The van der Waals surface area contributed by atoms with Crippen molar-refractivity contribution in [1.82, 2.24) is 25.1 Å². The fourth-order valence-corrected chi connectivity index (χ4v) is 2.17. The van der Waals surface area contributed by atoms with Crippen LogP contribution in [0.5, 0.6) is 0 Å². The molecule has 2 aromatic heterocycles. The van der Waals surface area contributed by atoms with E-state index in [1.807, 2.05) is 0 Å². The van der Waals surface area contributed by atoms with Crippen molar-refractivity contribution in [2.24, 2.45) is 0 Å². The molecule has 0 bridgehead atoms. The summed E-state index contributed by atoms with van der Waals surface area (Å²) < 4.78 is 12.2. The van der Waals surface area contributed by atoms with Crippen LogP contribution in [0.1, 0.15) is 10.4 Å². The van der Waals surface area contributed by atoms with E-state index in [-0.39, 0.29) is 18.1 Å². The van der Waals surface area contributed by atoms with Crippen molar-refractivity contribution in [3.63, 3.8) is 0 Å². The molecule has 0 spiro atoms. The summed E-state index contributed by atoms with van der Waals surface area (Å²) in [6.07, 6.45) is 4.50. The smallest absolute Gasteiger partial charge is 0.251 e. The van der Waals surface area contributed by atoms with Crippen molar-refractivity contribution in [3.05, 3.63) is 36.5 Å². The number of rotatable bonds is 4. The molecule has 0 aromatic carbocycles. The number of aromatic nitrogens is 4. The van der Waals surface area contributed by atoms with Crippen LogP contribution in [-0.2, 0) is 9.47 Å². The Labute approximate surface area is 121 Å². The van der Waals surface area contributed by atoms with Crippen LogP contribution in [-0.4, -0.2) is 58.1 Å². The number of hydrogen-bond acceptors (Lipinski definition) is 6. The molecule has 2 atom stereocenters. The van der Waals surface area contributed by atoms with Gasteiger partial charge in [0.05, 0.1) is 19.3 Å². The number of nitrogens with zero attached hydrogens (tertiary/aromatic N) is 4. The van der Waals surface area contributed by atoms with Crippen molar-refractivity contribution >= 4 is 5.91 Å². The Hall–Kier alpha value is -2.32. The zero-order chi connectivity index (χ0) is 14.7. The molecule has 1 N–H and O–H groups in total. The molecule has 0 radical (unpaired) electrons. The Bertz CT molecular complexity index is 616. The van der Waals surface area contributed by atoms with Crippen LogP contribution >= 0.6 is 0 Å². The molecule has 1 amide bonds. The van der Waals surface area contributed by atoms with Gasteiger partial charge in [0.25, 0.3) is 5.91 Å². The number of methoxy groups -OCH3 is 1. The highest BCUT2D eigenvalue weighted by molar-refractivity contribution is 5.94. The fraction of sp³-hybridized carbons (Fsp3) is 0.385. The topological polar surface area (TPSA) is 91.2 Å². The van der Waals surface area contributed by atoms with Crippen molar-refractivity contribution in [2.75, 3.05) is 20.3 Å². The third-order valence-electron chi connectivity index (χ3n) is 3.34. The molecule has 2 aromatic rings. The van der Waals surface area contributed by atoms with Gasteiger partial charge in [-0.2, -0.15) is 0 Å². The van der Waals surface area contributed by atoms with E-state index in [4.69, 9.17) is 9.47 Å². The number of hydrogen-bond donors (Lipinski definition) is 1. The minimum atomic E-state index is -0.190. The van der Waals surface area contributed by atoms with Gasteiger partial charge in [-0.1, -0.05) is 0 Å². The number of carbonyl (C=O) groups excluding carboxylic acids is 1. The predicted octanol–water partition coefficient (Wildman–Crippen LogP) is -0.194. The third kappa shape index (κ3) is 2.91. The second-order valence-corrected chi connectivity index (χ2v) is 4.66. The van der Waals surface area contributed by atoms with Gasteiger partial charge in [-0.15, -0.1) is 10.2 Å². The summed E-state index contributed by atoms with van der Waals surface area (Å²) in [5, 5.41) is 10.3. The monoisotopic (exact) mass is 289 g/mol. The first-order valence-electron chi connectivity index (χ1n) is 6.50. The zero-order valence-corrected chi connectivity index (χ0v) is 11.5. The third-order valence-corrected chi connectivity index (χ3v) is 3.34. The second-order valence-electron chi connectivity index (χ2n) is 4.66. The van der Waals surface area contributed by atoms with E-state index in [1.165, 1.54) is 12.7 Å². The second kappa shape index (κ2) is 5.98. The highest BCUT2D eigenvalue weighted by Crippen LogP contribution is 2.11. The fourth-order valence-electron chi connectivity index (χ4n) is 2.17. The number of ether oxygens (including phenoxy) is 2. The maximum atomic E-state index is 12.3. The summed E-state index contributed by atoms with van der Waals surface area (Å²) in [7, 11) is 1.61. The van der Waals surface area contributed by atoms with Gasteiger partial charge < -0.3 is 14.8 Å². The minimum Gasteiger partial charge on any atom is -0.377 e. The van der Waals surface area contributed by atoms with Crippen LogP contribution in [0.25, 0.3) is 5.82 Å². The Morgan fingerprint density at radius 2 is 2.24 bits per heavy atom. The van der Waals surface area contributed by atoms with Crippen molar-refractivity contribution in [3.8, 4) is 5.82 Å². The molecule has 1 saturated heterocycles. The van der Waals surface area contributed by atoms with Gasteiger partial charge in [-0.3, -0.25) is 9.36 Å². The van der Waals surface area contributed by atoms with Gasteiger partial charge in [0, 0.05) is 18.9 Å². The van der Waals surface area contributed by atoms with Crippen LogP contribution in [0.4, 0.5) is 0 Å². The van der Waals surface area contributed by atoms with Crippen LogP contribution in [0.2, 0.25) is 0 Å². The van der Waals surface area contributed by atoms with E-state index < -0.39 is 0 Å². The number of carbonyl (C=O) groups is 1. The predicted molar refractivity (Wildman–Crippen MR) is 72.0 cm³/mol. The first-order valence-corrected chi connectivity index (χ1v) is 6.50. The molecule has 3 rings (SSSR count). The average molecular weight is 289 g/mol. The van der Waals surface area contributed by atoms with Gasteiger partial charge in [-0.05, 0) is 12.1 Å². The lowest BCUT2D eigenvalue weighted by atomic mass is 10.2. The molecule has 3 heterocycles. The largest absolute Gasteiger partial charge is 0.377 e. The van der Waals surface area contributed by atoms with Crippen LogP contribution in [0.3, 0.4) is 0 Å². The molecule has 21 heavy (non-hydrogen) atoms. The van der Waals surface area contributed by atoms with Gasteiger partial charge in [0.1, 0.15) is 24.6 Å². The molecular formula is C13H15N5O3. The summed E-state index contributed by atoms with van der Waals surface area (Å²) in [5.74, 6) is 0.392. The lowest BCUT2D eigenvalue weighted by Gasteiger charge is -2.17. The molecule has 0 saturated carbocycles. The van der Waals surface area contributed by atoms with E-state index in [0.29, 0.717) is 24.6 Å². The van der Waals surface area contributed by atoms with Gasteiger partial charge >= 0.3 is 0 Å². The maximum absolute atomic E-state index is 12.3. The Balaban J connectivity index is 1.74. The molecule has 0 unspecified atom stereocenters. The minimum absolute atomic E-state index is 0.117. The summed E-state index contributed by atoms with van der Waals surface area (Å²) in [5.41, 5.74) is 0.510. The zero-order valence-electron chi connectivity index (χ0n) is 11.5. The quantitative estimate of drug-likeness (QED) is 0.838. The molecule has 8 heteroatoms. The SMILES string of the molecule is CO[C@H]1COC[C@@H]1NC(=O)c1ccnc(-n2cnnc2)c1. The normalized spacial score (nSPS) is 21.4. The molecule has 8 nitrogen and oxygen atoms in total. The Morgan fingerprint density at radius 3 is 3.00 bits per heavy atom. The van der Waals surface area contributed by atoms with Crippen LogP contribution in [0.15, 0.2) is 31.0 Å². The molecule has 1 aliphatic rings. The number of nitrogens with one attached hydrogen (secondary N) is 1. The lowest BCUT2D eigenvalue weighted by Crippen LogP contribution is -2.43. The molecule has 110 valence electrons. The molecule has 1 fully saturated rings. The van der Waals surface area contributed by atoms with E-state index in [1.54, 1.807) is 30.0 Å². The molecular weight excluding hydrogens is 274 g/mol. The highest BCUT2D eigenvalue weighted by Gasteiger charge is 2.29. The summed E-state index contributed by atoms with van der Waals surface area (Å²) >= 11 is 0. The first kappa shape index (κ1) is 13.7. The lowest BCUT2D eigenvalue weighted by molar-refractivity contribution is 0.0685. The van der Waals surface area contributed by atoms with E-state index >= 15 is 0 Å². The molecule has 1 aliphatic heterocycles. The first-order chi connectivity index (χ1) is 10.3. The maximum Gasteiger partial charge on any atom is 0.251 e. The van der Waals surface area contributed by atoms with Gasteiger partial charge in [0.2, 0.25) is 0 Å². The summed E-state index contributed by atoms with van der Waals surface area (Å²) in [4.78, 5) is 16.5. The summed E-state index contributed by atoms with van der Waals surface area (Å²) in [6.45, 7) is 0.942. The Kier molecular flexibility index (Phi) is 3.89. The molecule has 0 aliphatic carbocycles. The Morgan fingerprint density at radius 1 is 1.43 bits per heavy atom. The van der Waals surface area contributed by atoms with E-state index in [0.717, 1.165) is 0 Å². The van der Waals surface area contributed by atoms with Crippen molar-refractivity contribution < 1.29 is 14.3 Å². The van der Waals surface area contributed by atoms with Crippen molar-refractivity contribution in [2.45, 2.75) is 12.1 Å². The van der Waals surface area contributed by atoms with Crippen LogP contribution in [0, 0.1) is 0 Å². The average Bonchev–Trinajstić information content (AvgIpc) is 3.18. The van der Waals surface area contributed by atoms with Gasteiger partial charge in [0.15, 0.2) is 0 Å². The number of pyridine rings is 1. The van der Waals surface area contributed by atoms with Gasteiger partial charge in [-0.25, -0.2) is 4.98 Å². The van der Waals surface area contributed by atoms with E-state index in [9.17, 15) is 4.79 Å². The van der Waals surface area contributed by atoms with Crippen molar-refractivity contribution in [1.29, 1.82) is 0 Å². The highest BCUT2D eigenvalue weighted by atomic mass is 16.5. The van der Waals surface area contributed by atoms with Crippen LogP contribution < -0.4 is 5.32 Å². The standard InChI is InChI=1S/C13H15N5O3/c1-20-11-6-21-5-10(11)17-13(19)9-2-3-14-12(4-9)18-7-15-16-8-18/h2-4,7-8,10-11H,5-6H2,1H3,(H,17,19)/t10-,11-/m0/s1. The summed E-state index contributed by atoms with van der Waals surface area (Å²) in [6, 6.07) is 3.19. The number of amides is 1.